The monoisotopic (exact) mass is 357 g/mol. The number of ether oxygens (including phenoxy) is 2. The topological polar surface area (TPSA) is 64.6 Å². The summed E-state index contributed by atoms with van der Waals surface area (Å²) >= 11 is 0. The zero-order valence-electron chi connectivity index (χ0n) is 13.6. The van der Waals surface area contributed by atoms with E-state index in [-0.39, 0.29) is 12.6 Å². The van der Waals surface area contributed by atoms with Gasteiger partial charge in [-0.2, -0.15) is 0 Å². The van der Waals surface area contributed by atoms with Crippen molar-refractivity contribution in [2.45, 2.75) is 18.9 Å². The second-order valence-corrected chi connectivity index (χ2v) is 7.98. The first-order chi connectivity index (χ1) is 12.1. The fourth-order valence-electron chi connectivity index (χ4n) is 3.08. The van der Waals surface area contributed by atoms with Gasteiger partial charge in [0.05, 0.1) is 11.4 Å². The normalized spacial score (nSPS) is 19.0. The molecule has 2 aromatic rings. The van der Waals surface area contributed by atoms with Crippen LogP contribution in [-0.4, -0.2) is 27.7 Å². The number of para-hydroxylation sites is 2. The Morgan fingerprint density at radius 2 is 1.76 bits per heavy atom. The molecule has 6 heteroatoms. The van der Waals surface area contributed by atoms with Crippen molar-refractivity contribution in [2.24, 2.45) is 0 Å². The molecule has 130 valence electrons. The molecule has 0 spiro atoms. The van der Waals surface area contributed by atoms with E-state index in [0.717, 1.165) is 12.0 Å². The minimum absolute atomic E-state index is 0.176. The second-order valence-electron chi connectivity index (χ2n) is 6.16. The molecule has 2 aliphatic rings. The molecule has 4 rings (SSSR count). The predicted molar refractivity (Wildman–Crippen MR) is 96.0 cm³/mol. The first kappa shape index (κ1) is 16.2. The van der Waals surface area contributed by atoms with E-state index in [1.807, 2.05) is 48.5 Å². The van der Waals surface area contributed by atoms with E-state index in [1.165, 1.54) is 5.56 Å². The molecule has 2 aromatic carbocycles. The summed E-state index contributed by atoms with van der Waals surface area (Å²) in [5.41, 5.74) is 2.15. The third-order valence-corrected chi connectivity index (χ3v) is 5.99. The Bertz CT molecular complexity index is 921. The number of fused-ring (bicyclic) bond motifs is 2. The van der Waals surface area contributed by atoms with E-state index >= 15 is 0 Å². The Labute approximate surface area is 147 Å². The van der Waals surface area contributed by atoms with Crippen LogP contribution in [0.2, 0.25) is 0 Å². The Balaban J connectivity index is 1.44. The molecule has 0 amide bonds. The minimum Gasteiger partial charge on any atom is -0.486 e. The van der Waals surface area contributed by atoms with Crippen molar-refractivity contribution in [3.8, 4) is 11.5 Å². The van der Waals surface area contributed by atoms with Gasteiger partial charge in [0.15, 0.2) is 11.5 Å². The first-order valence-corrected chi connectivity index (χ1v) is 9.77. The van der Waals surface area contributed by atoms with Crippen LogP contribution in [0.4, 0.5) is 0 Å². The molecule has 1 heterocycles. The molecule has 0 saturated carbocycles. The number of hydrogen-bond acceptors (Lipinski definition) is 4. The summed E-state index contributed by atoms with van der Waals surface area (Å²) in [7, 11) is -3.53. The number of allylic oxidation sites excluding steroid dienone is 1. The summed E-state index contributed by atoms with van der Waals surface area (Å²) in [5.74, 6) is 1.33. The summed E-state index contributed by atoms with van der Waals surface area (Å²) in [6.45, 7) is 0.497. The van der Waals surface area contributed by atoms with Crippen LogP contribution in [0.1, 0.15) is 17.5 Å². The number of nitrogens with one attached hydrogen (secondary N) is 1. The molecule has 1 unspecified atom stereocenters. The predicted octanol–water partition coefficient (Wildman–Crippen LogP) is 2.73. The van der Waals surface area contributed by atoms with Gasteiger partial charge in [-0.05, 0) is 42.2 Å². The quantitative estimate of drug-likeness (QED) is 0.914. The Morgan fingerprint density at radius 3 is 2.64 bits per heavy atom. The van der Waals surface area contributed by atoms with E-state index in [1.54, 1.807) is 6.08 Å². The first-order valence-electron chi connectivity index (χ1n) is 8.28. The maximum atomic E-state index is 12.6. The Hall–Kier alpha value is -2.31. The lowest BCUT2D eigenvalue weighted by atomic mass is 9.98. The van der Waals surface area contributed by atoms with E-state index < -0.39 is 10.0 Å². The molecule has 1 N–H and O–H groups in total. The van der Waals surface area contributed by atoms with Crippen molar-refractivity contribution in [1.82, 2.24) is 4.72 Å². The van der Waals surface area contributed by atoms with E-state index in [9.17, 15) is 8.42 Å². The standard InChI is InChI=1S/C19H19NO4S/c21-25(22,17-10-9-14-5-1-2-6-15(14)11-17)20-12-16-13-23-18-7-3-4-8-19(18)24-16/h1-8,11,16,20H,9-10,12-13H2. The molecule has 0 aromatic heterocycles. The number of sulfonamides is 1. The highest BCUT2D eigenvalue weighted by atomic mass is 32.2. The molecule has 0 bridgehead atoms. The van der Waals surface area contributed by atoms with E-state index in [0.29, 0.717) is 29.4 Å². The lowest BCUT2D eigenvalue weighted by Gasteiger charge is -2.26. The fraction of sp³-hybridized carbons (Fsp3) is 0.263. The molecular formula is C19H19NO4S. The Kier molecular flexibility index (Phi) is 4.23. The molecule has 1 atom stereocenters. The second kappa shape index (κ2) is 6.54. The van der Waals surface area contributed by atoms with Crippen LogP contribution in [0.25, 0.3) is 6.08 Å². The lowest BCUT2D eigenvalue weighted by Crippen LogP contribution is -2.41. The highest BCUT2D eigenvalue weighted by Gasteiger charge is 2.25. The average molecular weight is 357 g/mol. The molecule has 0 fully saturated rings. The van der Waals surface area contributed by atoms with Crippen molar-refractivity contribution in [3.05, 3.63) is 64.6 Å². The van der Waals surface area contributed by atoms with Gasteiger partial charge in [-0.25, -0.2) is 13.1 Å². The molecule has 0 saturated heterocycles. The van der Waals surface area contributed by atoms with Crippen molar-refractivity contribution in [1.29, 1.82) is 0 Å². The zero-order valence-corrected chi connectivity index (χ0v) is 14.5. The van der Waals surface area contributed by atoms with Crippen LogP contribution >= 0.6 is 0 Å². The van der Waals surface area contributed by atoms with Gasteiger partial charge in [0.25, 0.3) is 0 Å². The van der Waals surface area contributed by atoms with Crippen LogP contribution in [-0.2, 0) is 16.4 Å². The van der Waals surface area contributed by atoms with Gasteiger partial charge in [0.2, 0.25) is 10.0 Å². The minimum atomic E-state index is -3.53. The number of hydrogen-bond donors (Lipinski definition) is 1. The van der Waals surface area contributed by atoms with Gasteiger partial charge in [-0.3, -0.25) is 0 Å². The van der Waals surface area contributed by atoms with Crippen LogP contribution in [0.3, 0.4) is 0 Å². The van der Waals surface area contributed by atoms with E-state index in [4.69, 9.17) is 9.47 Å². The van der Waals surface area contributed by atoms with Gasteiger partial charge in [0.1, 0.15) is 12.7 Å². The smallest absolute Gasteiger partial charge is 0.236 e. The van der Waals surface area contributed by atoms with Crippen molar-refractivity contribution < 1.29 is 17.9 Å². The van der Waals surface area contributed by atoms with Crippen LogP contribution in [0.15, 0.2) is 53.4 Å². The molecule has 25 heavy (non-hydrogen) atoms. The fourth-order valence-corrected chi connectivity index (χ4v) is 4.32. The third-order valence-electron chi connectivity index (χ3n) is 4.43. The third kappa shape index (κ3) is 3.41. The van der Waals surface area contributed by atoms with Gasteiger partial charge in [-0.1, -0.05) is 36.4 Å². The van der Waals surface area contributed by atoms with Crippen LogP contribution < -0.4 is 14.2 Å². The SMILES string of the molecule is O=S(=O)(NCC1COc2ccccc2O1)C1=Cc2ccccc2CC1. The van der Waals surface area contributed by atoms with E-state index in [2.05, 4.69) is 4.72 Å². The maximum absolute atomic E-state index is 12.6. The lowest BCUT2D eigenvalue weighted by molar-refractivity contribution is 0.0943. The van der Waals surface area contributed by atoms with Crippen LogP contribution in [0.5, 0.6) is 11.5 Å². The molecule has 0 radical (unpaired) electrons. The van der Waals surface area contributed by atoms with Gasteiger partial charge in [-0.15, -0.1) is 0 Å². The van der Waals surface area contributed by atoms with Gasteiger partial charge >= 0.3 is 0 Å². The van der Waals surface area contributed by atoms with Crippen LogP contribution in [0, 0.1) is 0 Å². The van der Waals surface area contributed by atoms with Gasteiger partial charge in [0, 0.05) is 0 Å². The van der Waals surface area contributed by atoms with Gasteiger partial charge < -0.3 is 9.47 Å². The molecule has 5 nitrogen and oxygen atoms in total. The van der Waals surface area contributed by atoms with Crippen molar-refractivity contribution in [3.63, 3.8) is 0 Å². The van der Waals surface area contributed by atoms with Crippen molar-refractivity contribution in [2.75, 3.05) is 13.2 Å². The highest BCUT2D eigenvalue weighted by molar-refractivity contribution is 7.93. The summed E-state index contributed by atoms with van der Waals surface area (Å²) in [6, 6.07) is 15.3. The zero-order chi connectivity index (χ0) is 17.3. The molecule has 1 aliphatic heterocycles. The Morgan fingerprint density at radius 1 is 1.00 bits per heavy atom. The number of aryl methyl sites for hydroxylation is 1. The largest absolute Gasteiger partial charge is 0.486 e. The molecule has 1 aliphatic carbocycles. The molecular weight excluding hydrogens is 338 g/mol. The van der Waals surface area contributed by atoms with Crippen molar-refractivity contribution >= 4 is 16.1 Å². The summed E-state index contributed by atoms with van der Waals surface area (Å²) in [5, 5.41) is 0. The number of rotatable bonds is 4. The highest BCUT2D eigenvalue weighted by Crippen LogP contribution is 2.31. The maximum Gasteiger partial charge on any atom is 0.236 e. The summed E-state index contributed by atoms with van der Waals surface area (Å²) < 4.78 is 39.3. The number of benzene rings is 2. The summed E-state index contributed by atoms with van der Waals surface area (Å²) in [6.07, 6.45) is 2.66. The average Bonchev–Trinajstić information content (AvgIpc) is 2.66. The summed E-state index contributed by atoms with van der Waals surface area (Å²) in [4.78, 5) is 0.420.